The summed E-state index contributed by atoms with van der Waals surface area (Å²) in [6, 6.07) is 4.77. The van der Waals surface area contributed by atoms with E-state index in [1.807, 2.05) is 19.0 Å². The normalized spacial score (nSPS) is 12.9. The van der Waals surface area contributed by atoms with Crippen LogP contribution in [0.15, 0.2) is 35.5 Å². The summed E-state index contributed by atoms with van der Waals surface area (Å²) in [6.45, 7) is 1.99. The second-order valence-electron chi connectivity index (χ2n) is 5.26. The van der Waals surface area contributed by atoms with Crippen LogP contribution < -0.4 is 4.80 Å². The summed E-state index contributed by atoms with van der Waals surface area (Å²) < 4.78 is 39.6. The van der Waals surface area contributed by atoms with Crippen LogP contribution in [-0.2, 0) is 17.5 Å². The summed E-state index contributed by atoms with van der Waals surface area (Å²) in [4.78, 5) is 18.6. The molecule has 0 radical (unpaired) electrons. The van der Waals surface area contributed by atoms with Gasteiger partial charge >= 0.3 is 6.18 Å². The summed E-state index contributed by atoms with van der Waals surface area (Å²) in [7, 11) is 3.81. The van der Waals surface area contributed by atoms with Gasteiger partial charge in [0.25, 0.3) is 0 Å². The lowest BCUT2D eigenvalue weighted by molar-refractivity contribution is -0.137. The minimum absolute atomic E-state index is 0.357. The zero-order chi connectivity index (χ0) is 17.2. The highest BCUT2D eigenvalue weighted by Gasteiger charge is 2.30. The van der Waals surface area contributed by atoms with Gasteiger partial charge in [-0.25, -0.2) is 0 Å². The molecule has 23 heavy (non-hydrogen) atoms. The fourth-order valence-corrected chi connectivity index (χ4v) is 3.13. The van der Waals surface area contributed by atoms with Crippen molar-refractivity contribution < 1.29 is 18.0 Å². The molecule has 1 aromatic carbocycles. The average Bonchev–Trinajstić information content (AvgIpc) is 2.78. The fraction of sp³-hybridized carbons (Fsp3) is 0.333. The molecule has 0 saturated carbocycles. The third-order valence-electron chi connectivity index (χ3n) is 2.90. The molecule has 2 rings (SSSR count). The zero-order valence-corrected chi connectivity index (χ0v) is 13.7. The van der Waals surface area contributed by atoms with Crippen LogP contribution in [0.2, 0.25) is 0 Å². The maximum Gasteiger partial charge on any atom is 0.416 e. The van der Waals surface area contributed by atoms with Crippen LogP contribution in [0.3, 0.4) is 0 Å². The van der Waals surface area contributed by atoms with Crippen molar-refractivity contribution in [3.05, 3.63) is 45.7 Å². The van der Waals surface area contributed by atoms with Gasteiger partial charge < -0.3 is 4.90 Å². The first-order valence-electron chi connectivity index (χ1n) is 6.76. The van der Waals surface area contributed by atoms with E-state index in [-0.39, 0.29) is 5.91 Å². The third-order valence-corrected chi connectivity index (χ3v) is 3.87. The summed E-state index contributed by atoms with van der Waals surface area (Å²) in [5.41, 5.74) is -0.185. The Bertz CT molecular complexity index is 758. The van der Waals surface area contributed by atoms with Gasteiger partial charge in [0, 0.05) is 30.2 Å². The first-order valence-corrected chi connectivity index (χ1v) is 7.57. The molecule has 1 amide bonds. The minimum atomic E-state index is -4.37. The van der Waals surface area contributed by atoms with E-state index in [1.165, 1.54) is 30.4 Å². The van der Waals surface area contributed by atoms with Gasteiger partial charge in [0.1, 0.15) is 0 Å². The molecule has 0 spiro atoms. The van der Waals surface area contributed by atoms with Crippen LogP contribution in [0.5, 0.6) is 0 Å². The monoisotopic (exact) mass is 343 g/mol. The molecular formula is C15H16F3N3OS. The number of benzene rings is 1. The van der Waals surface area contributed by atoms with E-state index in [9.17, 15) is 18.0 Å². The Morgan fingerprint density at radius 1 is 1.26 bits per heavy atom. The molecule has 2 aromatic rings. The lowest BCUT2D eigenvalue weighted by atomic mass is 10.2. The van der Waals surface area contributed by atoms with Gasteiger partial charge in [0.2, 0.25) is 5.91 Å². The van der Waals surface area contributed by atoms with E-state index < -0.39 is 11.7 Å². The summed E-state index contributed by atoms with van der Waals surface area (Å²) in [5.74, 6) is -0.357. The standard InChI is InChI=1S/C15H16F3N3OS/c1-10(22)19-14-21(9-13(23-14)8-20(2)3)12-6-4-11(5-7-12)15(16,17)18/h4-7,9H,8H2,1-3H3. The molecule has 1 heterocycles. The highest BCUT2D eigenvalue weighted by Crippen LogP contribution is 2.29. The van der Waals surface area contributed by atoms with Crippen LogP contribution in [0.25, 0.3) is 5.69 Å². The number of carbonyl (C=O) groups is 1. The van der Waals surface area contributed by atoms with Crippen molar-refractivity contribution in [1.82, 2.24) is 9.47 Å². The number of halogens is 3. The van der Waals surface area contributed by atoms with Crippen LogP contribution >= 0.6 is 11.3 Å². The van der Waals surface area contributed by atoms with Crippen molar-refractivity contribution in [2.75, 3.05) is 14.1 Å². The molecular weight excluding hydrogens is 327 g/mol. The van der Waals surface area contributed by atoms with Crippen LogP contribution in [0.4, 0.5) is 13.2 Å². The Labute approximate surface area is 135 Å². The van der Waals surface area contributed by atoms with E-state index in [4.69, 9.17) is 0 Å². The number of alkyl halides is 3. The van der Waals surface area contributed by atoms with Crippen molar-refractivity contribution in [2.24, 2.45) is 4.99 Å². The topological polar surface area (TPSA) is 37.6 Å². The van der Waals surface area contributed by atoms with Crippen LogP contribution in [-0.4, -0.2) is 29.5 Å². The molecule has 0 fully saturated rings. The zero-order valence-electron chi connectivity index (χ0n) is 12.9. The Kier molecular flexibility index (Phi) is 5.06. The van der Waals surface area contributed by atoms with Crippen molar-refractivity contribution in [3.63, 3.8) is 0 Å². The lowest BCUT2D eigenvalue weighted by Gasteiger charge is -2.08. The number of amides is 1. The molecule has 0 atom stereocenters. The molecule has 0 aliphatic carbocycles. The van der Waals surface area contributed by atoms with Gasteiger partial charge in [-0.2, -0.15) is 18.2 Å². The third kappa shape index (κ3) is 4.52. The van der Waals surface area contributed by atoms with Gasteiger partial charge in [0.05, 0.1) is 5.56 Å². The van der Waals surface area contributed by atoms with Crippen molar-refractivity contribution >= 4 is 17.2 Å². The molecule has 4 nitrogen and oxygen atoms in total. The second kappa shape index (κ2) is 6.67. The predicted molar refractivity (Wildman–Crippen MR) is 82.3 cm³/mol. The smallest absolute Gasteiger partial charge is 0.304 e. The second-order valence-corrected chi connectivity index (χ2v) is 6.36. The molecule has 0 bridgehead atoms. The van der Waals surface area contributed by atoms with E-state index in [0.717, 1.165) is 17.0 Å². The maximum absolute atomic E-state index is 12.6. The number of hydrogen-bond donors (Lipinski definition) is 0. The number of aromatic nitrogens is 1. The van der Waals surface area contributed by atoms with E-state index >= 15 is 0 Å². The highest BCUT2D eigenvalue weighted by atomic mass is 32.1. The van der Waals surface area contributed by atoms with E-state index in [1.54, 1.807) is 10.8 Å². The van der Waals surface area contributed by atoms with Crippen LogP contribution in [0, 0.1) is 0 Å². The molecule has 0 N–H and O–H groups in total. The first kappa shape index (κ1) is 17.4. The Morgan fingerprint density at radius 2 is 1.87 bits per heavy atom. The molecule has 0 aliphatic rings. The highest BCUT2D eigenvalue weighted by molar-refractivity contribution is 7.09. The summed E-state index contributed by atoms with van der Waals surface area (Å²) in [5, 5.41) is 0. The number of nitrogens with zero attached hydrogens (tertiary/aromatic N) is 3. The quantitative estimate of drug-likeness (QED) is 0.859. The SMILES string of the molecule is CC(=O)N=c1sc(CN(C)C)cn1-c1ccc(C(F)(F)F)cc1. The Hall–Kier alpha value is -1.93. The number of carbonyl (C=O) groups excluding carboxylic acids is 1. The molecule has 8 heteroatoms. The molecule has 124 valence electrons. The first-order chi connectivity index (χ1) is 10.7. The fourth-order valence-electron chi connectivity index (χ4n) is 1.98. The minimum Gasteiger partial charge on any atom is -0.304 e. The van der Waals surface area contributed by atoms with Gasteiger partial charge in [-0.15, -0.1) is 0 Å². The molecule has 0 saturated heterocycles. The van der Waals surface area contributed by atoms with Crippen molar-refractivity contribution in [1.29, 1.82) is 0 Å². The van der Waals surface area contributed by atoms with Gasteiger partial charge in [-0.3, -0.25) is 9.36 Å². The average molecular weight is 343 g/mol. The Balaban J connectivity index is 2.49. The van der Waals surface area contributed by atoms with Crippen molar-refractivity contribution in [3.8, 4) is 5.69 Å². The number of rotatable bonds is 3. The largest absolute Gasteiger partial charge is 0.416 e. The Morgan fingerprint density at radius 3 is 2.35 bits per heavy atom. The van der Waals surface area contributed by atoms with E-state index in [2.05, 4.69) is 4.99 Å². The molecule has 0 aliphatic heterocycles. The van der Waals surface area contributed by atoms with E-state index in [0.29, 0.717) is 17.0 Å². The van der Waals surface area contributed by atoms with Gasteiger partial charge in [-0.05, 0) is 38.4 Å². The van der Waals surface area contributed by atoms with Crippen molar-refractivity contribution in [2.45, 2.75) is 19.6 Å². The maximum atomic E-state index is 12.6. The summed E-state index contributed by atoms with van der Waals surface area (Å²) in [6.07, 6.45) is -2.59. The summed E-state index contributed by atoms with van der Waals surface area (Å²) >= 11 is 1.33. The number of thiazole rings is 1. The van der Waals surface area contributed by atoms with Gasteiger partial charge in [-0.1, -0.05) is 11.3 Å². The molecule has 0 unspecified atom stereocenters. The molecule has 1 aromatic heterocycles. The van der Waals surface area contributed by atoms with Crippen LogP contribution in [0.1, 0.15) is 17.4 Å². The number of hydrogen-bond acceptors (Lipinski definition) is 3. The lowest BCUT2D eigenvalue weighted by Crippen LogP contribution is -2.14. The predicted octanol–water partition coefficient (Wildman–Crippen LogP) is 3.07. The van der Waals surface area contributed by atoms with Gasteiger partial charge in [0.15, 0.2) is 4.80 Å².